The molecule has 3 nitrogen and oxygen atoms in total. The second-order valence-electron chi connectivity index (χ2n) is 2.83. The van der Waals surface area contributed by atoms with E-state index in [-0.39, 0.29) is 4.87 Å². The van der Waals surface area contributed by atoms with Crippen LogP contribution < -0.4 is 9.61 Å². The Kier molecular flexibility index (Phi) is 1.84. The minimum absolute atomic E-state index is 0.0219. The normalized spacial score (nSPS) is 10.6. The highest BCUT2D eigenvalue weighted by atomic mass is 32.1. The lowest BCUT2D eigenvalue weighted by atomic mass is 10.2. The van der Waals surface area contributed by atoms with Gasteiger partial charge in [0.2, 0.25) is 0 Å². The predicted octanol–water partition coefficient (Wildman–Crippen LogP) is 1.91. The molecule has 1 N–H and O–H groups in total. The second-order valence-corrected chi connectivity index (χ2v) is 3.85. The van der Waals surface area contributed by atoms with Gasteiger partial charge in [-0.25, -0.2) is 0 Å². The van der Waals surface area contributed by atoms with Crippen LogP contribution in [-0.2, 0) is 0 Å². The van der Waals surface area contributed by atoms with Crippen molar-refractivity contribution in [1.29, 1.82) is 0 Å². The van der Waals surface area contributed by atoms with E-state index in [4.69, 9.17) is 4.74 Å². The van der Waals surface area contributed by atoms with Crippen molar-refractivity contribution >= 4 is 21.6 Å². The van der Waals surface area contributed by atoms with Crippen LogP contribution in [0.1, 0.15) is 5.56 Å². The number of methoxy groups -OCH3 is 1. The minimum Gasteiger partial charge on any atom is -0.497 e. The first-order valence-corrected chi connectivity index (χ1v) is 4.70. The first-order valence-electron chi connectivity index (χ1n) is 3.88. The summed E-state index contributed by atoms with van der Waals surface area (Å²) in [7, 11) is 1.62. The highest BCUT2D eigenvalue weighted by molar-refractivity contribution is 7.16. The molecule has 4 heteroatoms. The van der Waals surface area contributed by atoms with Crippen molar-refractivity contribution in [2.24, 2.45) is 0 Å². The summed E-state index contributed by atoms with van der Waals surface area (Å²) < 4.78 is 6.05. The second kappa shape index (κ2) is 2.88. The van der Waals surface area contributed by atoms with Crippen molar-refractivity contribution in [2.45, 2.75) is 6.92 Å². The Morgan fingerprint density at radius 1 is 1.46 bits per heavy atom. The van der Waals surface area contributed by atoms with Crippen LogP contribution in [0.2, 0.25) is 0 Å². The molecule has 0 fully saturated rings. The summed E-state index contributed by atoms with van der Waals surface area (Å²) in [5.41, 5.74) is 1.95. The molecule has 0 aliphatic carbocycles. The fourth-order valence-electron chi connectivity index (χ4n) is 1.31. The molecule has 0 aliphatic heterocycles. The maximum atomic E-state index is 11.1. The highest BCUT2D eigenvalue weighted by Gasteiger charge is 2.04. The van der Waals surface area contributed by atoms with Gasteiger partial charge in [0.1, 0.15) is 5.75 Å². The van der Waals surface area contributed by atoms with Crippen LogP contribution in [0.25, 0.3) is 10.2 Å². The van der Waals surface area contributed by atoms with E-state index in [2.05, 4.69) is 4.98 Å². The van der Waals surface area contributed by atoms with Crippen LogP contribution >= 0.6 is 11.3 Å². The topological polar surface area (TPSA) is 42.1 Å². The minimum atomic E-state index is -0.0219. The summed E-state index contributed by atoms with van der Waals surface area (Å²) in [5, 5.41) is 0. The van der Waals surface area contributed by atoms with E-state index in [1.54, 1.807) is 7.11 Å². The molecule has 0 saturated heterocycles. The zero-order valence-electron chi connectivity index (χ0n) is 7.38. The quantitative estimate of drug-likeness (QED) is 0.755. The summed E-state index contributed by atoms with van der Waals surface area (Å²) in [5.74, 6) is 0.792. The van der Waals surface area contributed by atoms with Crippen molar-refractivity contribution in [3.8, 4) is 5.75 Å². The van der Waals surface area contributed by atoms with Crippen LogP contribution in [0.3, 0.4) is 0 Å². The van der Waals surface area contributed by atoms with Crippen molar-refractivity contribution in [3.05, 3.63) is 27.4 Å². The van der Waals surface area contributed by atoms with Crippen LogP contribution in [-0.4, -0.2) is 12.1 Å². The number of H-pyrrole nitrogens is 1. The number of fused-ring (bicyclic) bond motifs is 1. The van der Waals surface area contributed by atoms with E-state index in [0.29, 0.717) is 0 Å². The van der Waals surface area contributed by atoms with Gasteiger partial charge in [-0.1, -0.05) is 11.3 Å². The Balaban J connectivity index is 2.83. The number of ether oxygens (including phenoxy) is 1. The van der Waals surface area contributed by atoms with Gasteiger partial charge < -0.3 is 9.72 Å². The van der Waals surface area contributed by atoms with E-state index in [1.807, 2.05) is 19.1 Å². The number of hydrogen-bond acceptors (Lipinski definition) is 3. The largest absolute Gasteiger partial charge is 0.497 e. The monoisotopic (exact) mass is 195 g/mol. The van der Waals surface area contributed by atoms with Gasteiger partial charge in [-0.15, -0.1) is 0 Å². The van der Waals surface area contributed by atoms with E-state index in [9.17, 15) is 4.79 Å². The number of aromatic nitrogens is 1. The molecule has 2 rings (SSSR count). The highest BCUT2D eigenvalue weighted by Crippen LogP contribution is 2.24. The molecular weight excluding hydrogens is 186 g/mol. The molecule has 68 valence electrons. The lowest BCUT2D eigenvalue weighted by Crippen LogP contribution is -1.90. The maximum Gasteiger partial charge on any atom is 0.305 e. The van der Waals surface area contributed by atoms with Crippen LogP contribution in [0.4, 0.5) is 0 Å². The predicted molar refractivity (Wildman–Crippen MR) is 53.7 cm³/mol. The SMILES string of the molecule is COc1cc(C)c2[nH]c(=O)sc2c1. The van der Waals surface area contributed by atoms with Crippen LogP contribution in [0.5, 0.6) is 5.75 Å². The third-order valence-corrected chi connectivity index (χ3v) is 2.77. The average molecular weight is 195 g/mol. The molecule has 2 aromatic rings. The molecule has 0 aliphatic rings. The Morgan fingerprint density at radius 2 is 2.23 bits per heavy atom. The van der Waals surface area contributed by atoms with Gasteiger partial charge in [-0.3, -0.25) is 4.79 Å². The van der Waals surface area contributed by atoms with Crippen LogP contribution in [0, 0.1) is 6.92 Å². The van der Waals surface area contributed by atoms with Crippen molar-refractivity contribution in [1.82, 2.24) is 4.98 Å². The number of aryl methyl sites for hydroxylation is 1. The number of thiazole rings is 1. The average Bonchev–Trinajstić information content (AvgIpc) is 2.46. The summed E-state index contributed by atoms with van der Waals surface area (Å²) in [6.45, 7) is 1.95. The first-order chi connectivity index (χ1) is 6.20. The number of rotatable bonds is 1. The number of hydrogen-bond donors (Lipinski definition) is 1. The Morgan fingerprint density at radius 3 is 2.92 bits per heavy atom. The van der Waals surface area contributed by atoms with Crippen molar-refractivity contribution in [3.63, 3.8) is 0 Å². The summed E-state index contributed by atoms with van der Waals surface area (Å²) in [4.78, 5) is 13.8. The molecule has 0 spiro atoms. The third-order valence-electron chi connectivity index (χ3n) is 1.94. The first kappa shape index (κ1) is 8.31. The summed E-state index contributed by atoms with van der Waals surface area (Å²) in [6, 6.07) is 3.77. The molecule has 1 heterocycles. The van der Waals surface area contributed by atoms with Crippen molar-refractivity contribution < 1.29 is 4.74 Å². The molecule has 1 aromatic heterocycles. The fourth-order valence-corrected chi connectivity index (χ4v) is 2.15. The zero-order chi connectivity index (χ0) is 9.42. The molecule has 0 atom stereocenters. The van der Waals surface area contributed by atoms with Gasteiger partial charge in [0.15, 0.2) is 0 Å². The van der Waals surface area contributed by atoms with E-state index in [0.717, 1.165) is 21.5 Å². The van der Waals surface area contributed by atoms with E-state index >= 15 is 0 Å². The lowest BCUT2D eigenvalue weighted by Gasteiger charge is -2.01. The molecule has 0 saturated carbocycles. The molecule has 0 amide bonds. The Labute approximate surface area is 79.0 Å². The Bertz CT molecular complexity index is 498. The molecule has 0 radical (unpaired) electrons. The lowest BCUT2D eigenvalue weighted by molar-refractivity contribution is 0.415. The summed E-state index contributed by atoms with van der Waals surface area (Å²) in [6.07, 6.45) is 0. The smallest absolute Gasteiger partial charge is 0.305 e. The standard InChI is InChI=1S/C9H9NO2S/c1-5-3-6(12-2)4-7-8(5)10-9(11)13-7/h3-4H,1-2H3,(H,10,11). The van der Waals surface area contributed by atoms with Gasteiger partial charge in [-0.05, 0) is 24.6 Å². The van der Waals surface area contributed by atoms with E-state index < -0.39 is 0 Å². The molecule has 0 bridgehead atoms. The van der Waals surface area contributed by atoms with Gasteiger partial charge in [0, 0.05) is 0 Å². The van der Waals surface area contributed by atoms with Crippen molar-refractivity contribution in [2.75, 3.05) is 7.11 Å². The zero-order valence-corrected chi connectivity index (χ0v) is 8.20. The fraction of sp³-hybridized carbons (Fsp3) is 0.222. The van der Waals surface area contributed by atoms with Gasteiger partial charge in [-0.2, -0.15) is 0 Å². The van der Waals surface area contributed by atoms with E-state index in [1.165, 1.54) is 11.3 Å². The van der Waals surface area contributed by atoms with Gasteiger partial charge in [0.25, 0.3) is 0 Å². The van der Waals surface area contributed by atoms with Crippen LogP contribution in [0.15, 0.2) is 16.9 Å². The molecular formula is C9H9NO2S. The maximum absolute atomic E-state index is 11.1. The Hall–Kier alpha value is -1.29. The molecule has 0 unspecified atom stereocenters. The van der Waals surface area contributed by atoms with Gasteiger partial charge >= 0.3 is 4.87 Å². The van der Waals surface area contributed by atoms with Gasteiger partial charge in [0.05, 0.1) is 17.3 Å². The molecule has 1 aromatic carbocycles. The number of nitrogens with one attached hydrogen (secondary N) is 1. The number of aromatic amines is 1. The number of benzene rings is 1. The third kappa shape index (κ3) is 1.33. The summed E-state index contributed by atoms with van der Waals surface area (Å²) >= 11 is 1.20. The molecule has 13 heavy (non-hydrogen) atoms.